The van der Waals surface area contributed by atoms with Crippen LogP contribution in [-0.2, 0) is 6.54 Å². The molecule has 1 unspecified atom stereocenters. The van der Waals surface area contributed by atoms with Gasteiger partial charge in [-0.25, -0.2) is 4.99 Å². The molecule has 2 aromatic carbocycles. The van der Waals surface area contributed by atoms with E-state index in [1.165, 1.54) is 11.6 Å². The molecular formula is C21H26N4O3. The fraction of sp³-hybridized carbons (Fsp3) is 0.381. The Morgan fingerprint density at radius 2 is 2.11 bits per heavy atom. The summed E-state index contributed by atoms with van der Waals surface area (Å²) in [5, 5.41) is 14.3. The lowest BCUT2D eigenvalue weighted by Crippen LogP contribution is -2.40. The van der Waals surface area contributed by atoms with Gasteiger partial charge in [0, 0.05) is 37.7 Å². The van der Waals surface area contributed by atoms with Crippen molar-refractivity contribution in [2.24, 2.45) is 4.99 Å². The largest absolute Gasteiger partial charge is 0.497 e. The van der Waals surface area contributed by atoms with Gasteiger partial charge in [-0.15, -0.1) is 0 Å². The van der Waals surface area contributed by atoms with Crippen molar-refractivity contribution in [3.05, 3.63) is 69.8 Å². The summed E-state index contributed by atoms with van der Waals surface area (Å²) in [5.41, 5.74) is 2.23. The first kappa shape index (κ1) is 19.7. The first-order valence-electron chi connectivity index (χ1n) is 9.51. The predicted molar refractivity (Wildman–Crippen MR) is 110 cm³/mol. The summed E-state index contributed by atoms with van der Waals surface area (Å²) in [6.45, 7) is 5.05. The number of benzene rings is 2. The molecule has 1 N–H and O–H groups in total. The Hall–Kier alpha value is -3.09. The van der Waals surface area contributed by atoms with Gasteiger partial charge in [-0.3, -0.25) is 10.1 Å². The van der Waals surface area contributed by atoms with Crippen LogP contribution < -0.4 is 10.1 Å². The maximum atomic E-state index is 11.0. The van der Waals surface area contributed by atoms with E-state index in [4.69, 9.17) is 9.73 Å². The van der Waals surface area contributed by atoms with Crippen LogP contribution in [0.4, 0.5) is 5.69 Å². The van der Waals surface area contributed by atoms with E-state index >= 15 is 0 Å². The minimum atomic E-state index is -0.377. The molecule has 2 aromatic rings. The van der Waals surface area contributed by atoms with Crippen LogP contribution in [0.5, 0.6) is 5.75 Å². The van der Waals surface area contributed by atoms with Crippen LogP contribution in [0.2, 0.25) is 0 Å². The molecule has 0 aromatic heterocycles. The quantitative estimate of drug-likeness (QED) is 0.358. The molecule has 1 atom stereocenters. The molecule has 0 saturated carbocycles. The second-order valence-electron chi connectivity index (χ2n) is 6.80. The number of nitro groups is 1. The molecule has 7 heteroatoms. The van der Waals surface area contributed by atoms with Gasteiger partial charge in [-0.1, -0.05) is 24.3 Å². The lowest BCUT2D eigenvalue weighted by atomic mass is 9.98. The van der Waals surface area contributed by atoms with Crippen molar-refractivity contribution in [1.29, 1.82) is 0 Å². The van der Waals surface area contributed by atoms with Gasteiger partial charge in [-0.2, -0.15) is 0 Å². The number of hydrogen-bond acceptors (Lipinski definition) is 4. The van der Waals surface area contributed by atoms with Gasteiger partial charge < -0.3 is 15.0 Å². The van der Waals surface area contributed by atoms with Gasteiger partial charge >= 0.3 is 0 Å². The summed E-state index contributed by atoms with van der Waals surface area (Å²) < 4.78 is 5.24. The van der Waals surface area contributed by atoms with Crippen molar-refractivity contribution in [1.82, 2.24) is 10.2 Å². The molecule has 7 nitrogen and oxygen atoms in total. The van der Waals surface area contributed by atoms with E-state index in [1.54, 1.807) is 19.2 Å². The van der Waals surface area contributed by atoms with Crippen molar-refractivity contribution in [3.8, 4) is 5.75 Å². The van der Waals surface area contributed by atoms with Crippen LogP contribution >= 0.6 is 0 Å². The minimum Gasteiger partial charge on any atom is -0.497 e. The molecule has 3 rings (SSSR count). The second kappa shape index (κ2) is 9.21. The van der Waals surface area contributed by atoms with Crippen molar-refractivity contribution in [3.63, 3.8) is 0 Å². The van der Waals surface area contributed by atoms with Gasteiger partial charge in [0.05, 0.1) is 18.6 Å². The Labute approximate surface area is 165 Å². The fourth-order valence-corrected chi connectivity index (χ4v) is 3.46. The highest BCUT2D eigenvalue weighted by Gasteiger charge is 2.26. The Kier molecular flexibility index (Phi) is 6.47. The zero-order valence-corrected chi connectivity index (χ0v) is 16.3. The van der Waals surface area contributed by atoms with E-state index in [9.17, 15) is 10.1 Å². The maximum absolute atomic E-state index is 11.0. The average molecular weight is 382 g/mol. The summed E-state index contributed by atoms with van der Waals surface area (Å²) >= 11 is 0. The second-order valence-corrected chi connectivity index (χ2v) is 6.80. The molecule has 1 fully saturated rings. The molecule has 0 radical (unpaired) electrons. The number of likely N-dealkylation sites (tertiary alicyclic amines) is 1. The fourth-order valence-electron chi connectivity index (χ4n) is 3.46. The molecule has 1 aliphatic heterocycles. The Balaban J connectivity index is 1.69. The molecular weight excluding hydrogens is 356 g/mol. The van der Waals surface area contributed by atoms with Crippen LogP contribution in [0.1, 0.15) is 30.4 Å². The number of nitrogens with one attached hydrogen (secondary N) is 1. The third-order valence-electron chi connectivity index (χ3n) is 4.94. The number of guanidine groups is 1. The third-order valence-corrected chi connectivity index (χ3v) is 4.94. The molecule has 0 aliphatic carbocycles. The summed E-state index contributed by atoms with van der Waals surface area (Å²) in [5.74, 6) is 2.17. The van der Waals surface area contributed by atoms with Crippen LogP contribution in [0, 0.1) is 10.1 Å². The van der Waals surface area contributed by atoms with E-state index < -0.39 is 0 Å². The zero-order chi connectivity index (χ0) is 19.9. The highest BCUT2D eigenvalue weighted by molar-refractivity contribution is 5.80. The van der Waals surface area contributed by atoms with Gasteiger partial charge in [0.1, 0.15) is 5.75 Å². The first-order valence-corrected chi connectivity index (χ1v) is 9.51. The van der Waals surface area contributed by atoms with E-state index in [0.29, 0.717) is 12.5 Å². The molecule has 0 amide bonds. The van der Waals surface area contributed by atoms with Crippen LogP contribution in [0.25, 0.3) is 0 Å². The van der Waals surface area contributed by atoms with Crippen LogP contribution in [0.15, 0.2) is 53.5 Å². The number of nitro benzene ring substituents is 1. The molecule has 1 saturated heterocycles. The molecule has 148 valence electrons. The molecule has 28 heavy (non-hydrogen) atoms. The third kappa shape index (κ3) is 4.79. The normalized spacial score (nSPS) is 16.9. The van der Waals surface area contributed by atoms with Crippen molar-refractivity contribution in [2.45, 2.75) is 25.8 Å². The van der Waals surface area contributed by atoms with Crippen molar-refractivity contribution in [2.75, 3.05) is 26.7 Å². The number of ether oxygens (including phenoxy) is 1. The Morgan fingerprint density at radius 3 is 2.79 bits per heavy atom. The van der Waals surface area contributed by atoms with E-state index in [1.807, 2.05) is 25.1 Å². The first-order chi connectivity index (χ1) is 13.6. The highest BCUT2D eigenvalue weighted by atomic mass is 16.6. The molecule has 0 bridgehead atoms. The number of hydrogen-bond donors (Lipinski definition) is 1. The summed E-state index contributed by atoms with van der Waals surface area (Å²) in [4.78, 5) is 17.5. The lowest BCUT2D eigenvalue weighted by Gasteiger charge is -2.22. The number of aliphatic imine (C=N–C) groups is 1. The monoisotopic (exact) mass is 382 g/mol. The number of methoxy groups -OCH3 is 1. The topological polar surface area (TPSA) is 80.0 Å². The summed E-state index contributed by atoms with van der Waals surface area (Å²) in [7, 11) is 1.67. The molecule has 0 spiro atoms. The van der Waals surface area contributed by atoms with Crippen LogP contribution in [0.3, 0.4) is 0 Å². The maximum Gasteiger partial charge on any atom is 0.269 e. The average Bonchev–Trinajstić information content (AvgIpc) is 3.21. The SMILES string of the molecule is CCNC(=NCc1cccc([N+](=O)[O-])c1)N1CCC(c2ccc(OC)cc2)C1. The number of rotatable bonds is 6. The van der Waals surface area contributed by atoms with Gasteiger partial charge in [0.25, 0.3) is 5.69 Å². The summed E-state index contributed by atoms with van der Waals surface area (Å²) in [6, 6.07) is 14.9. The van der Waals surface area contributed by atoms with E-state index in [-0.39, 0.29) is 10.6 Å². The molecule has 1 aliphatic rings. The van der Waals surface area contributed by atoms with Gasteiger partial charge in [0.2, 0.25) is 0 Å². The lowest BCUT2D eigenvalue weighted by molar-refractivity contribution is -0.384. The minimum absolute atomic E-state index is 0.0958. The predicted octanol–water partition coefficient (Wildman–Crippen LogP) is 3.56. The number of non-ortho nitro benzene ring substituents is 1. The highest BCUT2D eigenvalue weighted by Crippen LogP contribution is 2.28. The van der Waals surface area contributed by atoms with Crippen molar-refractivity contribution < 1.29 is 9.66 Å². The standard InChI is InChI=1S/C21H26N4O3/c1-3-22-21(23-14-16-5-4-6-19(13-16)25(26)27)24-12-11-18(15-24)17-7-9-20(28-2)10-8-17/h4-10,13,18H,3,11-12,14-15H2,1-2H3,(H,22,23). The van der Waals surface area contributed by atoms with Gasteiger partial charge in [0.15, 0.2) is 5.96 Å². The summed E-state index contributed by atoms with van der Waals surface area (Å²) in [6.07, 6.45) is 1.06. The van der Waals surface area contributed by atoms with Gasteiger partial charge in [-0.05, 0) is 36.6 Å². The van der Waals surface area contributed by atoms with Crippen molar-refractivity contribution >= 4 is 11.6 Å². The Bertz CT molecular complexity index is 836. The Morgan fingerprint density at radius 1 is 1.32 bits per heavy atom. The smallest absolute Gasteiger partial charge is 0.269 e. The number of nitrogens with zero attached hydrogens (tertiary/aromatic N) is 3. The van der Waals surface area contributed by atoms with E-state index in [2.05, 4.69) is 22.3 Å². The molecule has 1 heterocycles. The van der Waals surface area contributed by atoms with Crippen LogP contribution in [-0.4, -0.2) is 42.5 Å². The zero-order valence-electron chi connectivity index (χ0n) is 16.3. The van der Waals surface area contributed by atoms with E-state index in [0.717, 1.165) is 43.3 Å².